The molecule has 0 saturated carbocycles. The fourth-order valence-corrected chi connectivity index (χ4v) is 1.09. The lowest BCUT2D eigenvalue weighted by molar-refractivity contribution is 0.534. The zero-order valence-corrected chi connectivity index (χ0v) is 8.35. The Hall–Kier alpha value is -1.25. The Labute approximate surface area is 85.5 Å². The van der Waals surface area contributed by atoms with Gasteiger partial charge in [0.15, 0.2) is 0 Å². The quantitative estimate of drug-likeness (QED) is 0.770. The molecule has 0 aromatic carbocycles. The van der Waals surface area contributed by atoms with Gasteiger partial charge in [0.05, 0.1) is 0 Å². The highest BCUT2D eigenvalue weighted by Gasteiger charge is 2.07. The lowest BCUT2D eigenvalue weighted by Crippen LogP contribution is -2.05. The Bertz CT molecular complexity index is 457. The molecule has 6 nitrogen and oxygen atoms in total. The molecule has 2 aromatic rings. The van der Waals surface area contributed by atoms with Crippen molar-refractivity contribution in [2.75, 3.05) is 0 Å². The molecule has 0 aliphatic rings. The molecular weight excluding hydrogens is 287 g/mol. The second kappa shape index (κ2) is 3.24. The number of rotatable bonds is 1. The Morgan fingerprint density at radius 2 is 2.23 bits per heavy atom. The molecule has 0 saturated heterocycles. The van der Waals surface area contributed by atoms with Gasteiger partial charge in [0.2, 0.25) is 0 Å². The average molecular weight is 290 g/mol. The molecule has 0 radical (unpaired) electrons. The highest BCUT2D eigenvalue weighted by atomic mass is 127. The van der Waals surface area contributed by atoms with Crippen molar-refractivity contribution in [1.29, 1.82) is 0 Å². The van der Waals surface area contributed by atoms with Crippen LogP contribution in [0.15, 0.2) is 21.3 Å². The number of halogens is 1. The number of H-pyrrole nitrogens is 1. The first-order valence-corrected chi connectivity index (χ1v) is 4.39. The minimum atomic E-state index is -0.266. The minimum Gasteiger partial charge on any atom is -0.410 e. The van der Waals surface area contributed by atoms with Crippen LogP contribution in [0.2, 0.25) is 0 Å². The summed E-state index contributed by atoms with van der Waals surface area (Å²) in [5, 5.41) is 13.4. The molecule has 0 aliphatic carbocycles. The molecule has 0 spiro atoms. The summed E-state index contributed by atoms with van der Waals surface area (Å²) in [6, 6.07) is 2.86. The Morgan fingerprint density at radius 3 is 2.77 bits per heavy atom. The summed E-state index contributed by atoms with van der Waals surface area (Å²) in [5.41, 5.74) is 0.188. The zero-order chi connectivity index (χ0) is 9.26. The van der Waals surface area contributed by atoms with E-state index in [4.69, 9.17) is 4.42 Å². The van der Waals surface area contributed by atoms with E-state index >= 15 is 0 Å². The third-order valence-corrected chi connectivity index (χ3v) is 1.73. The predicted molar refractivity (Wildman–Crippen MR) is 50.9 cm³/mol. The van der Waals surface area contributed by atoms with Crippen LogP contribution in [0.25, 0.3) is 11.6 Å². The molecule has 1 N–H and O–H groups in total. The van der Waals surface area contributed by atoms with Gasteiger partial charge in [0.1, 0.15) is 5.69 Å². The van der Waals surface area contributed by atoms with Gasteiger partial charge in [-0.1, -0.05) is 0 Å². The van der Waals surface area contributed by atoms with Gasteiger partial charge in [-0.25, -0.2) is 5.10 Å². The topological polar surface area (TPSA) is 84.7 Å². The summed E-state index contributed by atoms with van der Waals surface area (Å²) in [5.74, 6) is 0.292. The largest absolute Gasteiger partial charge is 0.410 e. The van der Waals surface area contributed by atoms with Gasteiger partial charge in [0.25, 0.3) is 15.3 Å². The summed E-state index contributed by atoms with van der Waals surface area (Å²) in [6.07, 6.45) is 0. The summed E-state index contributed by atoms with van der Waals surface area (Å²) >= 11 is 1.89. The van der Waals surface area contributed by atoms with Gasteiger partial charge in [-0.3, -0.25) is 4.79 Å². The fraction of sp³-hybridized carbons (Fsp3) is 0. The van der Waals surface area contributed by atoms with Crippen LogP contribution in [0.1, 0.15) is 0 Å². The lowest BCUT2D eigenvalue weighted by atomic mass is 10.4. The van der Waals surface area contributed by atoms with Crippen molar-refractivity contribution in [3.63, 3.8) is 0 Å². The highest BCUT2D eigenvalue weighted by Crippen LogP contribution is 2.13. The summed E-state index contributed by atoms with van der Waals surface area (Å²) < 4.78 is 5.52. The maximum Gasteiger partial charge on any atom is 0.278 e. The van der Waals surface area contributed by atoms with Crippen molar-refractivity contribution < 1.29 is 4.42 Å². The first kappa shape index (κ1) is 8.35. The number of aromatic nitrogens is 4. The van der Waals surface area contributed by atoms with E-state index in [0.717, 1.165) is 0 Å². The fourth-order valence-electron chi connectivity index (χ4n) is 0.772. The molecule has 2 aromatic heterocycles. The van der Waals surface area contributed by atoms with Crippen LogP contribution in [0, 0.1) is 3.90 Å². The van der Waals surface area contributed by atoms with Crippen molar-refractivity contribution in [2.45, 2.75) is 0 Å². The molecule has 0 unspecified atom stereocenters. The van der Waals surface area contributed by atoms with E-state index in [-0.39, 0.29) is 5.56 Å². The van der Waals surface area contributed by atoms with Gasteiger partial charge >= 0.3 is 0 Å². The zero-order valence-electron chi connectivity index (χ0n) is 6.19. The van der Waals surface area contributed by atoms with Crippen LogP contribution in [-0.2, 0) is 0 Å². The van der Waals surface area contributed by atoms with Crippen LogP contribution in [-0.4, -0.2) is 20.4 Å². The van der Waals surface area contributed by atoms with Crippen molar-refractivity contribution in [3.8, 4) is 11.6 Å². The van der Waals surface area contributed by atoms with Crippen LogP contribution in [0.5, 0.6) is 0 Å². The normalized spacial score (nSPS) is 10.2. The van der Waals surface area contributed by atoms with Crippen molar-refractivity contribution in [3.05, 3.63) is 26.4 Å². The SMILES string of the molecule is O=c1ccc(-c2nnc(I)o2)n[nH]1. The summed E-state index contributed by atoms with van der Waals surface area (Å²) in [4.78, 5) is 10.7. The number of aromatic amines is 1. The van der Waals surface area contributed by atoms with Gasteiger partial charge in [-0.15, -0.1) is 10.2 Å². The molecule has 66 valence electrons. The monoisotopic (exact) mass is 290 g/mol. The predicted octanol–water partition coefficient (Wildman–Crippen LogP) is 0.424. The molecule has 0 amide bonds. The molecule has 0 aliphatic heterocycles. The first-order valence-electron chi connectivity index (χ1n) is 3.31. The molecule has 0 fully saturated rings. The average Bonchev–Trinajstić information content (AvgIpc) is 2.53. The minimum absolute atomic E-state index is 0.266. The summed E-state index contributed by atoms with van der Waals surface area (Å²) in [6.45, 7) is 0. The van der Waals surface area contributed by atoms with E-state index in [9.17, 15) is 4.79 Å². The van der Waals surface area contributed by atoms with E-state index in [1.54, 1.807) is 0 Å². The maximum atomic E-state index is 10.7. The van der Waals surface area contributed by atoms with E-state index in [1.165, 1.54) is 12.1 Å². The highest BCUT2D eigenvalue weighted by molar-refractivity contribution is 14.1. The molecular formula is C6H3IN4O2. The Morgan fingerprint density at radius 1 is 1.38 bits per heavy atom. The van der Waals surface area contributed by atoms with Gasteiger partial charge in [0, 0.05) is 28.7 Å². The number of hydrogen-bond acceptors (Lipinski definition) is 5. The molecule has 0 atom stereocenters. The van der Waals surface area contributed by atoms with Gasteiger partial charge in [-0.05, 0) is 6.07 Å². The maximum absolute atomic E-state index is 10.7. The molecule has 2 heterocycles. The van der Waals surface area contributed by atoms with E-state index in [2.05, 4.69) is 20.4 Å². The third kappa shape index (κ3) is 1.74. The van der Waals surface area contributed by atoms with E-state index in [0.29, 0.717) is 15.5 Å². The molecule has 7 heteroatoms. The van der Waals surface area contributed by atoms with Gasteiger partial charge < -0.3 is 4.42 Å². The van der Waals surface area contributed by atoms with Crippen LogP contribution >= 0.6 is 22.6 Å². The smallest absolute Gasteiger partial charge is 0.278 e. The number of hydrogen-bond donors (Lipinski definition) is 1. The summed E-state index contributed by atoms with van der Waals surface area (Å²) in [7, 11) is 0. The van der Waals surface area contributed by atoms with Crippen LogP contribution in [0.4, 0.5) is 0 Å². The van der Waals surface area contributed by atoms with Crippen molar-refractivity contribution >= 4 is 22.6 Å². The first-order chi connectivity index (χ1) is 6.25. The molecule has 13 heavy (non-hydrogen) atoms. The second-order valence-electron chi connectivity index (χ2n) is 2.17. The van der Waals surface area contributed by atoms with E-state index in [1.807, 2.05) is 22.6 Å². The molecule has 2 rings (SSSR count). The standard InChI is InChI=1S/C6H3IN4O2/c7-6-11-10-5(13-6)3-1-2-4(12)9-8-3/h1-2H,(H,9,12). The Balaban J connectivity index is 2.47. The number of nitrogens with one attached hydrogen (secondary N) is 1. The van der Waals surface area contributed by atoms with Crippen LogP contribution < -0.4 is 5.56 Å². The molecule has 0 bridgehead atoms. The van der Waals surface area contributed by atoms with Crippen molar-refractivity contribution in [1.82, 2.24) is 20.4 Å². The Kier molecular flexibility index (Phi) is 2.08. The number of nitrogens with zero attached hydrogens (tertiary/aromatic N) is 3. The third-order valence-electron chi connectivity index (χ3n) is 1.30. The van der Waals surface area contributed by atoms with Crippen molar-refractivity contribution in [2.24, 2.45) is 0 Å². The second-order valence-corrected chi connectivity index (χ2v) is 3.09. The van der Waals surface area contributed by atoms with Gasteiger partial charge in [-0.2, -0.15) is 5.10 Å². The van der Waals surface area contributed by atoms with E-state index < -0.39 is 0 Å². The lowest BCUT2D eigenvalue weighted by Gasteiger charge is -1.89. The van der Waals surface area contributed by atoms with Crippen LogP contribution in [0.3, 0.4) is 0 Å².